The zero-order valence-corrected chi connectivity index (χ0v) is 8.74. The molecule has 0 spiro atoms. The summed E-state index contributed by atoms with van der Waals surface area (Å²) >= 11 is 0. The van der Waals surface area contributed by atoms with Gasteiger partial charge in [-0.25, -0.2) is 12.6 Å². The van der Waals surface area contributed by atoms with Crippen molar-refractivity contribution in [2.24, 2.45) is 0 Å². The van der Waals surface area contributed by atoms with Crippen LogP contribution in [-0.2, 0) is 29.8 Å². The lowest BCUT2D eigenvalue weighted by Crippen LogP contribution is -2.03. The van der Waals surface area contributed by atoms with Crippen LogP contribution in [0, 0.1) is 0 Å². The normalized spacial score (nSPS) is 12.7. The summed E-state index contributed by atoms with van der Waals surface area (Å²) in [4.78, 5) is 0. The molecule has 0 aliphatic carbocycles. The van der Waals surface area contributed by atoms with Gasteiger partial charge in [-0.15, -0.1) is 0 Å². The lowest BCUT2D eigenvalue weighted by Gasteiger charge is -1.94. The van der Waals surface area contributed by atoms with E-state index in [4.69, 9.17) is 4.55 Å². The van der Waals surface area contributed by atoms with Gasteiger partial charge in [-0.1, -0.05) is 12.2 Å². The molecule has 84 valence electrons. The van der Waals surface area contributed by atoms with Crippen molar-refractivity contribution < 1.29 is 29.8 Å². The topological polar surface area (TPSA) is 107 Å². The molecule has 0 atom stereocenters. The van der Waals surface area contributed by atoms with Gasteiger partial charge in [0.15, 0.2) is 0 Å². The highest BCUT2D eigenvalue weighted by Crippen LogP contribution is 1.90. The molecule has 1 N–H and O–H groups in total. The summed E-state index contributed by atoms with van der Waals surface area (Å²) in [5.41, 5.74) is 0. The highest BCUT2D eigenvalue weighted by Gasteiger charge is 2.00. The molecule has 0 bridgehead atoms. The Morgan fingerprint density at radius 3 is 2.43 bits per heavy atom. The van der Waals surface area contributed by atoms with Gasteiger partial charge in [-0.3, -0.25) is 8.74 Å². The van der Waals surface area contributed by atoms with E-state index in [9.17, 15) is 16.8 Å². The van der Waals surface area contributed by atoms with Crippen LogP contribution in [0.15, 0.2) is 12.2 Å². The lowest BCUT2D eigenvalue weighted by atomic mass is 10.4. The Bertz CT molecular complexity index is 331. The van der Waals surface area contributed by atoms with E-state index in [1.807, 2.05) is 0 Å². The van der Waals surface area contributed by atoms with Crippen molar-refractivity contribution in [1.82, 2.24) is 0 Å². The van der Waals surface area contributed by atoms with Crippen LogP contribution in [0.2, 0.25) is 0 Å². The molecule has 0 fully saturated rings. The summed E-state index contributed by atoms with van der Waals surface area (Å²) in [6, 6.07) is 0. The van der Waals surface area contributed by atoms with E-state index < -0.39 is 21.4 Å². The Hall–Kier alpha value is -0.480. The van der Waals surface area contributed by atoms with Crippen LogP contribution in [0.3, 0.4) is 0 Å². The first-order valence-electron chi connectivity index (χ1n) is 3.46. The number of thiol groups is 1. The molecule has 0 aromatic carbocycles. The molecule has 0 amide bonds. The standard InChI is InChI=1S/C5H10O7S2/c6-13(7)11-4-2-1-3-5-12-14(8,9)10/h1-2,13H,3-5H2,(H,8,9,10)/b2-1+. The molecule has 0 radical (unpaired) electrons. The SMILES string of the molecule is O=[SH](=O)OC/C=C/CCOS(=O)(=O)O. The van der Waals surface area contributed by atoms with E-state index in [1.165, 1.54) is 12.2 Å². The minimum absolute atomic E-state index is 0.107. The van der Waals surface area contributed by atoms with Crippen LogP contribution >= 0.6 is 0 Å². The van der Waals surface area contributed by atoms with Crippen molar-refractivity contribution in [2.75, 3.05) is 13.2 Å². The van der Waals surface area contributed by atoms with E-state index in [-0.39, 0.29) is 19.6 Å². The zero-order chi connectivity index (χ0) is 11.0. The van der Waals surface area contributed by atoms with E-state index in [2.05, 4.69) is 8.37 Å². The monoisotopic (exact) mass is 246 g/mol. The highest BCUT2D eigenvalue weighted by atomic mass is 32.3. The van der Waals surface area contributed by atoms with Crippen LogP contribution in [0.1, 0.15) is 6.42 Å². The predicted molar refractivity (Wildman–Crippen MR) is 47.5 cm³/mol. The molecule has 7 nitrogen and oxygen atoms in total. The molecular weight excluding hydrogens is 236 g/mol. The predicted octanol–water partition coefficient (Wildman–Crippen LogP) is -0.705. The molecule has 0 saturated heterocycles. The minimum Gasteiger partial charge on any atom is -0.268 e. The van der Waals surface area contributed by atoms with Gasteiger partial charge in [0.05, 0.1) is 13.2 Å². The number of hydrogen-bond donors (Lipinski definition) is 2. The Kier molecular flexibility index (Phi) is 6.66. The molecule has 0 unspecified atom stereocenters. The summed E-state index contributed by atoms with van der Waals surface area (Å²) in [6.07, 6.45) is 3.07. The Morgan fingerprint density at radius 1 is 1.29 bits per heavy atom. The maximum absolute atomic E-state index is 10.0. The first-order valence-corrected chi connectivity index (χ1v) is 5.92. The highest BCUT2D eigenvalue weighted by molar-refractivity contribution is 7.80. The van der Waals surface area contributed by atoms with Crippen molar-refractivity contribution in [3.63, 3.8) is 0 Å². The fourth-order valence-electron chi connectivity index (χ4n) is 0.511. The summed E-state index contributed by atoms with van der Waals surface area (Å²) in [7, 11) is -7.25. The van der Waals surface area contributed by atoms with Gasteiger partial charge in [0.1, 0.15) is 0 Å². The molecule has 9 heteroatoms. The summed E-state index contributed by atoms with van der Waals surface area (Å²) in [5.74, 6) is 0. The molecule has 0 heterocycles. The lowest BCUT2D eigenvalue weighted by molar-refractivity contribution is 0.273. The largest absolute Gasteiger partial charge is 0.397 e. The second kappa shape index (κ2) is 6.90. The Balaban J connectivity index is 3.45. The van der Waals surface area contributed by atoms with E-state index >= 15 is 0 Å². The molecule has 0 rings (SSSR count). The first kappa shape index (κ1) is 13.5. The second-order valence-electron chi connectivity index (χ2n) is 2.03. The Labute approximate surface area is 83.4 Å². The van der Waals surface area contributed by atoms with Crippen LogP contribution in [-0.4, -0.2) is 34.6 Å². The minimum atomic E-state index is -4.39. The number of rotatable bonds is 7. The van der Waals surface area contributed by atoms with E-state index in [1.54, 1.807) is 0 Å². The van der Waals surface area contributed by atoms with Crippen LogP contribution in [0.5, 0.6) is 0 Å². The van der Waals surface area contributed by atoms with Gasteiger partial charge < -0.3 is 0 Å². The molecular formula is C5H10O7S2. The smallest absolute Gasteiger partial charge is 0.268 e. The van der Waals surface area contributed by atoms with Crippen molar-refractivity contribution >= 4 is 21.4 Å². The van der Waals surface area contributed by atoms with Crippen molar-refractivity contribution in [1.29, 1.82) is 0 Å². The third-order valence-electron chi connectivity index (χ3n) is 0.960. The molecule has 0 saturated carbocycles. The second-order valence-corrected chi connectivity index (χ2v) is 3.83. The van der Waals surface area contributed by atoms with Crippen LogP contribution in [0.4, 0.5) is 0 Å². The number of hydrogen-bond acceptors (Lipinski definition) is 6. The van der Waals surface area contributed by atoms with Gasteiger partial charge in [0.2, 0.25) is 0 Å². The quantitative estimate of drug-likeness (QED) is 0.264. The van der Waals surface area contributed by atoms with E-state index in [0.29, 0.717) is 0 Å². The van der Waals surface area contributed by atoms with Crippen molar-refractivity contribution in [3.05, 3.63) is 12.2 Å². The molecule has 0 aliphatic rings. The van der Waals surface area contributed by atoms with Gasteiger partial charge in [-0.05, 0) is 6.42 Å². The third-order valence-corrected chi connectivity index (χ3v) is 1.78. The van der Waals surface area contributed by atoms with Crippen LogP contribution < -0.4 is 0 Å². The Morgan fingerprint density at radius 2 is 1.93 bits per heavy atom. The van der Waals surface area contributed by atoms with E-state index in [0.717, 1.165) is 0 Å². The average molecular weight is 246 g/mol. The summed E-state index contributed by atoms with van der Waals surface area (Å²) in [5, 5.41) is 0. The molecule has 14 heavy (non-hydrogen) atoms. The first-order chi connectivity index (χ1) is 6.42. The summed E-state index contributed by atoms with van der Waals surface area (Å²) < 4.78 is 56.0. The fraction of sp³-hybridized carbons (Fsp3) is 0.600. The zero-order valence-electron chi connectivity index (χ0n) is 7.03. The van der Waals surface area contributed by atoms with Crippen LogP contribution in [0.25, 0.3) is 0 Å². The maximum Gasteiger partial charge on any atom is 0.397 e. The van der Waals surface area contributed by atoms with Gasteiger partial charge in [0, 0.05) is 0 Å². The third kappa shape index (κ3) is 11.5. The van der Waals surface area contributed by atoms with Crippen molar-refractivity contribution in [3.8, 4) is 0 Å². The molecule has 0 aromatic rings. The fourth-order valence-corrected chi connectivity index (χ4v) is 1.03. The van der Waals surface area contributed by atoms with Gasteiger partial charge in [-0.2, -0.15) is 8.42 Å². The van der Waals surface area contributed by atoms with Gasteiger partial charge >= 0.3 is 10.4 Å². The van der Waals surface area contributed by atoms with Crippen molar-refractivity contribution in [2.45, 2.75) is 6.42 Å². The molecule has 0 aliphatic heterocycles. The summed E-state index contributed by atoms with van der Waals surface area (Å²) in [6.45, 7) is -0.316. The molecule has 0 aromatic heterocycles. The maximum atomic E-state index is 10.0. The average Bonchev–Trinajstić information content (AvgIpc) is 2.00. The van der Waals surface area contributed by atoms with Gasteiger partial charge in [0.25, 0.3) is 11.0 Å².